The summed E-state index contributed by atoms with van der Waals surface area (Å²) in [6.45, 7) is 1.28. The first-order chi connectivity index (χ1) is 9.78. The molecule has 1 amide bonds. The maximum Gasteiger partial charge on any atom is 0.291 e. The number of halogens is 2. The van der Waals surface area contributed by atoms with E-state index in [1.807, 2.05) is 0 Å². The molecule has 1 aromatic carbocycles. The van der Waals surface area contributed by atoms with Crippen molar-refractivity contribution in [1.29, 1.82) is 0 Å². The van der Waals surface area contributed by atoms with Gasteiger partial charge >= 0.3 is 0 Å². The van der Waals surface area contributed by atoms with Crippen molar-refractivity contribution in [2.45, 2.75) is 11.3 Å². The molecule has 1 aromatic heterocycles. The molecule has 0 saturated heterocycles. The fourth-order valence-electron chi connectivity index (χ4n) is 1.28. The summed E-state index contributed by atoms with van der Waals surface area (Å²) >= 11 is 12.4. The third-order valence-corrected chi connectivity index (χ3v) is 5.23. The maximum absolute atomic E-state index is 12.1. The number of hydrogen-bond acceptors (Lipinski definition) is 6. The van der Waals surface area contributed by atoms with Crippen molar-refractivity contribution in [2.24, 2.45) is 0 Å². The Balaban J connectivity index is 2.28. The molecule has 2 rings (SSSR count). The van der Waals surface area contributed by atoms with Crippen molar-refractivity contribution < 1.29 is 13.2 Å². The third kappa shape index (κ3) is 4.03. The second kappa shape index (κ2) is 6.14. The Bertz CT molecular complexity index is 791. The molecule has 112 valence electrons. The van der Waals surface area contributed by atoms with E-state index in [-0.39, 0.29) is 26.1 Å². The zero-order valence-corrected chi connectivity index (χ0v) is 13.6. The van der Waals surface area contributed by atoms with Crippen LogP contribution in [-0.4, -0.2) is 24.5 Å². The van der Waals surface area contributed by atoms with Crippen molar-refractivity contribution in [3.63, 3.8) is 0 Å². The molecule has 0 unspecified atom stereocenters. The van der Waals surface area contributed by atoms with Gasteiger partial charge in [-0.25, -0.2) is 0 Å². The number of rotatable bonds is 4. The van der Waals surface area contributed by atoms with Gasteiger partial charge in [-0.2, -0.15) is 8.42 Å². The van der Waals surface area contributed by atoms with Crippen LogP contribution in [0.5, 0.6) is 0 Å². The first-order valence-corrected chi connectivity index (χ1v) is 8.42. The van der Waals surface area contributed by atoms with E-state index in [0.29, 0.717) is 16.4 Å². The lowest BCUT2D eigenvalue weighted by Gasteiger charge is -2.07. The molecule has 0 atom stereocenters. The van der Waals surface area contributed by atoms with Gasteiger partial charge in [0.15, 0.2) is 0 Å². The van der Waals surface area contributed by atoms with E-state index >= 15 is 0 Å². The van der Waals surface area contributed by atoms with Gasteiger partial charge in [-0.15, -0.1) is 10.2 Å². The first-order valence-electron chi connectivity index (χ1n) is 5.37. The molecule has 7 nitrogen and oxygen atoms in total. The lowest BCUT2D eigenvalue weighted by molar-refractivity contribution is -0.114. The van der Waals surface area contributed by atoms with Crippen molar-refractivity contribution in [2.75, 3.05) is 10.0 Å². The standard InChI is InChI=1S/C10H8Cl2N4O3S2/c1-5(17)13-9-14-15-10(20-9)21(18,19)16-8-4-6(11)2-3-7(8)12/h2-4,16H,1H3,(H,13,14,17). The number of sulfonamides is 1. The Morgan fingerprint density at radius 2 is 2.00 bits per heavy atom. The summed E-state index contributed by atoms with van der Waals surface area (Å²) in [6, 6.07) is 4.36. The van der Waals surface area contributed by atoms with Crippen LogP contribution in [0.3, 0.4) is 0 Å². The second-order valence-corrected chi connectivity index (χ2v) is 7.46. The van der Waals surface area contributed by atoms with Gasteiger partial charge in [0.05, 0.1) is 10.7 Å². The average molecular weight is 367 g/mol. The van der Waals surface area contributed by atoms with Gasteiger partial charge in [-0.1, -0.05) is 34.5 Å². The zero-order valence-electron chi connectivity index (χ0n) is 10.4. The van der Waals surface area contributed by atoms with Crippen LogP contribution < -0.4 is 10.0 Å². The minimum absolute atomic E-state index is 0.0834. The zero-order chi connectivity index (χ0) is 15.6. The number of amides is 1. The van der Waals surface area contributed by atoms with Crippen LogP contribution in [0.4, 0.5) is 10.8 Å². The molecule has 0 aliphatic carbocycles. The molecular formula is C10H8Cl2N4O3S2. The molecule has 0 saturated carbocycles. The van der Waals surface area contributed by atoms with Crippen molar-refractivity contribution in [1.82, 2.24) is 10.2 Å². The van der Waals surface area contributed by atoms with E-state index in [4.69, 9.17) is 23.2 Å². The summed E-state index contributed by atoms with van der Waals surface area (Å²) < 4.78 is 26.3. The van der Waals surface area contributed by atoms with Crippen LogP contribution >= 0.6 is 34.5 Å². The Hall–Kier alpha value is -1.42. The second-order valence-electron chi connectivity index (χ2n) is 3.78. The number of carbonyl (C=O) groups excluding carboxylic acids is 1. The lowest BCUT2D eigenvalue weighted by atomic mass is 10.3. The van der Waals surface area contributed by atoms with Crippen LogP contribution in [0.1, 0.15) is 6.92 Å². The van der Waals surface area contributed by atoms with Gasteiger partial charge in [0.25, 0.3) is 14.4 Å². The number of aromatic nitrogens is 2. The number of nitrogens with zero attached hydrogens (tertiary/aromatic N) is 2. The molecule has 0 bridgehead atoms. The van der Waals surface area contributed by atoms with Crippen LogP contribution in [0.15, 0.2) is 22.5 Å². The van der Waals surface area contributed by atoms with Crippen molar-refractivity contribution >= 4 is 61.3 Å². The van der Waals surface area contributed by atoms with Crippen LogP contribution in [-0.2, 0) is 14.8 Å². The normalized spacial score (nSPS) is 11.2. The highest BCUT2D eigenvalue weighted by Gasteiger charge is 2.21. The topological polar surface area (TPSA) is 101 Å². The maximum atomic E-state index is 12.1. The molecule has 0 aliphatic heterocycles. The largest absolute Gasteiger partial charge is 0.301 e. The quantitative estimate of drug-likeness (QED) is 0.809. The van der Waals surface area contributed by atoms with Gasteiger partial charge in [0, 0.05) is 11.9 Å². The average Bonchev–Trinajstić information content (AvgIpc) is 2.82. The molecule has 2 aromatic rings. The highest BCUT2D eigenvalue weighted by molar-refractivity contribution is 7.94. The highest BCUT2D eigenvalue weighted by atomic mass is 35.5. The Labute approximate surface area is 134 Å². The molecule has 0 aliphatic rings. The van der Waals surface area contributed by atoms with E-state index in [0.717, 1.165) is 0 Å². The molecule has 2 N–H and O–H groups in total. The predicted octanol–water partition coefficient (Wildman–Crippen LogP) is 2.60. The van der Waals surface area contributed by atoms with Crippen molar-refractivity contribution in [3.05, 3.63) is 28.2 Å². The minimum atomic E-state index is -3.97. The number of benzene rings is 1. The SMILES string of the molecule is CC(=O)Nc1nnc(S(=O)(=O)Nc2cc(Cl)ccc2Cl)s1. The van der Waals surface area contributed by atoms with Gasteiger partial charge in [-0.3, -0.25) is 9.52 Å². The summed E-state index contributed by atoms with van der Waals surface area (Å²) in [5.74, 6) is -0.374. The lowest BCUT2D eigenvalue weighted by Crippen LogP contribution is -2.13. The van der Waals surface area contributed by atoms with Gasteiger partial charge in [-0.05, 0) is 18.2 Å². The fourth-order valence-corrected chi connectivity index (χ4v) is 3.69. The van der Waals surface area contributed by atoms with Crippen molar-refractivity contribution in [3.8, 4) is 0 Å². The Morgan fingerprint density at radius 1 is 1.29 bits per heavy atom. The summed E-state index contributed by atoms with van der Waals surface area (Å²) in [6.07, 6.45) is 0. The van der Waals surface area contributed by atoms with E-state index in [2.05, 4.69) is 20.2 Å². The van der Waals surface area contributed by atoms with Gasteiger partial charge < -0.3 is 5.32 Å². The molecular weight excluding hydrogens is 359 g/mol. The Kier molecular flexibility index (Phi) is 4.67. The summed E-state index contributed by atoms with van der Waals surface area (Å²) in [5.41, 5.74) is 0.125. The molecule has 0 spiro atoms. The summed E-state index contributed by atoms with van der Waals surface area (Å²) in [5, 5.41) is 10.0. The number of anilines is 2. The van der Waals surface area contributed by atoms with Crippen LogP contribution in [0.25, 0.3) is 0 Å². The molecule has 21 heavy (non-hydrogen) atoms. The van der Waals surface area contributed by atoms with E-state index in [1.165, 1.54) is 25.1 Å². The molecule has 0 fully saturated rings. The number of carbonyl (C=O) groups is 1. The van der Waals surface area contributed by atoms with Gasteiger partial charge in [0.2, 0.25) is 11.0 Å². The molecule has 11 heteroatoms. The van der Waals surface area contributed by atoms with Crippen LogP contribution in [0, 0.1) is 0 Å². The predicted molar refractivity (Wildman–Crippen MR) is 81.5 cm³/mol. The highest BCUT2D eigenvalue weighted by Crippen LogP contribution is 2.29. The van der Waals surface area contributed by atoms with E-state index in [1.54, 1.807) is 0 Å². The van der Waals surface area contributed by atoms with E-state index in [9.17, 15) is 13.2 Å². The first kappa shape index (κ1) is 16.0. The summed E-state index contributed by atoms with van der Waals surface area (Å²) in [7, 11) is -3.97. The number of nitrogens with one attached hydrogen (secondary N) is 2. The van der Waals surface area contributed by atoms with Gasteiger partial charge in [0.1, 0.15) is 0 Å². The minimum Gasteiger partial charge on any atom is -0.301 e. The monoisotopic (exact) mass is 366 g/mol. The third-order valence-electron chi connectivity index (χ3n) is 2.09. The molecule has 1 heterocycles. The fraction of sp³-hybridized carbons (Fsp3) is 0.100. The molecule has 0 radical (unpaired) electrons. The summed E-state index contributed by atoms with van der Waals surface area (Å²) in [4.78, 5) is 10.9. The number of hydrogen-bond donors (Lipinski definition) is 2. The van der Waals surface area contributed by atoms with E-state index < -0.39 is 10.0 Å². The Morgan fingerprint density at radius 3 is 2.67 bits per heavy atom. The van der Waals surface area contributed by atoms with Crippen LogP contribution in [0.2, 0.25) is 10.0 Å². The smallest absolute Gasteiger partial charge is 0.291 e.